The number of aliphatic hydroxyl groups excluding tert-OH is 1. The first-order valence-corrected chi connectivity index (χ1v) is 6.28. The molecule has 1 aliphatic carbocycles. The van der Waals surface area contributed by atoms with E-state index in [4.69, 9.17) is 15.6 Å². The average molecular weight is 215 g/mol. The van der Waals surface area contributed by atoms with Gasteiger partial charge in [0, 0.05) is 19.8 Å². The Bertz CT molecular complexity index is 156. The topological polar surface area (TPSA) is 55.5 Å². The second-order valence-corrected chi connectivity index (χ2v) is 4.58. The Morgan fingerprint density at radius 3 is 2.40 bits per heavy atom. The highest BCUT2D eigenvalue weighted by atomic mass is 16.5. The van der Waals surface area contributed by atoms with Gasteiger partial charge < -0.3 is 15.6 Å². The van der Waals surface area contributed by atoms with Crippen molar-refractivity contribution in [2.45, 2.75) is 57.0 Å². The molecule has 0 aromatic heterocycles. The molecular weight excluding hydrogens is 190 g/mol. The molecule has 90 valence electrons. The predicted molar refractivity (Wildman–Crippen MR) is 61.8 cm³/mol. The highest BCUT2D eigenvalue weighted by Crippen LogP contribution is 2.30. The van der Waals surface area contributed by atoms with E-state index in [1.807, 2.05) is 0 Å². The van der Waals surface area contributed by atoms with Crippen molar-refractivity contribution in [2.75, 3.05) is 19.8 Å². The molecule has 0 atom stereocenters. The minimum atomic E-state index is -0.0164. The van der Waals surface area contributed by atoms with Crippen molar-refractivity contribution in [1.82, 2.24) is 0 Å². The Morgan fingerprint density at radius 1 is 1.07 bits per heavy atom. The van der Waals surface area contributed by atoms with E-state index in [1.54, 1.807) is 0 Å². The van der Waals surface area contributed by atoms with Gasteiger partial charge in [-0.2, -0.15) is 0 Å². The van der Waals surface area contributed by atoms with E-state index in [0.29, 0.717) is 13.2 Å². The summed E-state index contributed by atoms with van der Waals surface area (Å²) in [7, 11) is 0. The third-order valence-corrected chi connectivity index (χ3v) is 3.35. The minimum Gasteiger partial charge on any atom is -0.396 e. The summed E-state index contributed by atoms with van der Waals surface area (Å²) in [5.41, 5.74) is 5.80. The second-order valence-electron chi connectivity index (χ2n) is 4.58. The molecule has 0 aromatic carbocycles. The fraction of sp³-hybridized carbons (Fsp3) is 1.00. The first kappa shape index (κ1) is 12.9. The summed E-state index contributed by atoms with van der Waals surface area (Å²) in [5.74, 6) is 0. The number of aliphatic hydroxyl groups is 1. The predicted octanol–water partition coefficient (Wildman–Crippen LogP) is 1.83. The zero-order chi connectivity index (χ0) is 11.0. The van der Waals surface area contributed by atoms with Gasteiger partial charge >= 0.3 is 0 Å². The first-order valence-electron chi connectivity index (χ1n) is 6.28. The van der Waals surface area contributed by atoms with Gasteiger partial charge in [0.25, 0.3) is 0 Å². The number of hydrogen-bond donors (Lipinski definition) is 2. The molecule has 0 radical (unpaired) electrons. The van der Waals surface area contributed by atoms with Crippen LogP contribution in [0.2, 0.25) is 0 Å². The van der Waals surface area contributed by atoms with E-state index in [9.17, 15) is 0 Å². The summed E-state index contributed by atoms with van der Waals surface area (Å²) in [4.78, 5) is 0. The molecule has 1 aliphatic rings. The van der Waals surface area contributed by atoms with Gasteiger partial charge in [-0.1, -0.05) is 19.3 Å². The molecule has 0 amide bonds. The fourth-order valence-corrected chi connectivity index (χ4v) is 2.28. The first-order chi connectivity index (χ1) is 7.33. The summed E-state index contributed by atoms with van der Waals surface area (Å²) in [5, 5.41) is 8.65. The van der Waals surface area contributed by atoms with Crippen LogP contribution >= 0.6 is 0 Å². The van der Waals surface area contributed by atoms with Crippen LogP contribution in [0.25, 0.3) is 0 Å². The van der Waals surface area contributed by atoms with Gasteiger partial charge in [0.15, 0.2) is 0 Å². The molecule has 0 spiro atoms. The lowest BCUT2D eigenvalue weighted by atomic mass is 9.84. The van der Waals surface area contributed by atoms with Crippen LogP contribution in [0.1, 0.15) is 51.4 Å². The highest BCUT2D eigenvalue weighted by Gasteiger charge is 2.30. The smallest absolute Gasteiger partial charge is 0.0804 e. The minimum absolute atomic E-state index is 0.0164. The fourth-order valence-electron chi connectivity index (χ4n) is 2.28. The van der Waals surface area contributed by atoms with E-state index >= 15 is 0 Å². The van der Waals surface area contributed by atoms with Crippen LogP contribution in [0.5, 0.6) is 0 Å². The largest absolute Gasteiger partial charge is 0.396 e. The van der Waals surface area contributed by atoms with Crippen molar-refractivity contribution in [3.63, 3.8) is 0 Å². The Kier molecular flexibility index (Phi) is 6.22. The average Bonchev–Trinajstić information content (AvgIpc) is 2.30. The Labute approximate surface area is 93.0 Å². The standard InChI is InChI=1S/C12H25NO2/c13-11-12(7-3-1-4-8-12)15-10-6-2-5-9-14/h14H,1-11,13H2. The SMILES string of the molecule is NCC1(OCCCCCO)CCCCC1. The van der Waals surface area contributed by atoms with Gasteiger partial charge in [0.05, 0.1) is 5.60 Å². The number of nitrogens with two attached hydrogens (primary N) is 1. The van der Waals surface area contributed by atoms with Crippen LogP contribution in [-0.2, 0) is 4.74 Å². The summed E-state index contributed by atoms with van der Waals surface area (Å²) >= 11 is 0. The van der Waals surface area contributed by atoms with Gasteiger partial charge in [0.2, 0.25) is 0 Å². The molecule has 3 nitrogen and oxygen atoms in total. The van der Waals surface area contributed by atoms with Crippen molar-refractivity contribution in [3.8, 4) is 0 Å². The zero-order valence-electron chi connectivity index (χ0n) is 9.71. The molecule has 1 fully saturated rings. The normalized spacial score (nSPS) is 20.4. The Balaban J connectivity index is 2.15. The molecule has 0 saturated heterocycles. The molecule has 0 aliphatic heterocycles. The highest BCUT2D eigenvalue weighted by molar-refractivity contribution is 4.85. The van der Waals surface area contributed by atoms with Crippen molar-refractivity contribution in [3.05, 3.63) is 0 Å². The van der Waals surface area contributed by atoms with E-state index < -0.39 is 0 Å². The Morgan fingerprint density at radius 2 is 1.80 bits per heavy atom. The van der Waals surface area contributed by atoms with E-state index in [0.717, 1.165) is 38.7 Å². The van der Waals surface area contributed by atoms with Crippen molar-refractivity contribution >= 4 is 0 Å². The number of hydrogen-bond acceptors (Lipinski definition) is 3. The number of ether oxygens (including phenoxy) is 1. The quantitative estimate of drug-likeness (QED) is 0.637. The molecular formula is C12H25NO2. The lowest BCUT2D eigenvalue weighted by Crippen LogP contribution is -2.42. The van der Waals surface area contributed by atoms with Crippen LogP contribution < -0.4 is 5.73 Å². The third-order valence-electron chi connectivity index (χ3n) is 3.35. The zero-order valence-corrected chi connectivity index (χ0v) is 9.71. The van der Waals surface area contributed by atoms with Crippen LogP contribution in [-0.4, -0.2) is 30.5 Å². The summed E-state index contributed by atoms with van der Waals surface area (Å²) in [6, 6.07) is 0. The van der Waals surface area contributed by atoms with Crippen molar-refractivity contribution < 1.29 is 9.84 Å². The molecule has 0 unspecified atom stereocenters. The van der Waals surface area contributed by atoms with Gasteiger partial charge in [-0.15, -0.1) is 0 Å². The van der Waals surface area contributed by atoms with Gasteiger partial charge in [0.1, 0.15) is 0 Å². The molecule has 1 rings (SSSR count). The summed E-state index contributed by atoms with van der Waals surface area (Å²) in [6.45, 7) is 1.76. The monoisotopic (exact) mass is 215 g/mol. The van der Waals surface area contributed by atoms with Gasteiger partial charge in [-0.25, -0.2) is 0 Å². The second kappa shape index (κ2) is 7.20. The number of rotatable bonds is 7. The van der Waals surface area contributed by atoms with Gasteiger partial charge in [-0.3, -0.25) is 0 Å². The number of unbranched alkanes of at least 4 members (excludes halogenated alkanes) is 2. The lowest BCUT2D eigenvalue weighted by Gasteiger charge is -2.36. The maximum atomic E-state index is 8.65. The van der Waals surface area contributed by atoms with E-state index in [2.05, 4.69) is 0 Å². The van der Waals surface area contributed by atoms with Crippen molar-refractivity contribution in [1.29, 1.82) is 0 Å². The van der Waals surface area contributed by atoms with Crippen LogP contribution in [0, 0.1) is 0 Å². The van der Waals surface area contributed by atoms with Crippen LogP contribution in [0.3, 0.4) is 0 Å². The summed E-state index contributed by atoms with van der Waals surface area (Å²) in [6.07, 6.45) is 9.09. The van der Waals surface area contributed by atoms with Crippen molar-refractivity contribution in [2.24, 2.45) is 5.73 Å². The Hall–Kier alpha value is -0.120. The van der Waals surface area contributed by atoms with Crippen LogP contribution in [0.15, 0.2) is 0 Å². The lowest BCUT2D eigenvalue weighted by molar-refractivity contribution is -0.0644. The molecule has 0 aromatic rings. The molecule has 0 heterocycles. The molecule has 15 heavy (non-hydrogen) atoms. The third kappa shape index (κ3) is 4.49. The molecule has 3 heteroatoms. The van der Waals surface area contributed by atoms with Gasteiger partial charge in [-0.05, 0) is 32.1 Å². The van der Waals surface area contributed by atoms with Crippen LogP contribution in [0.4, 0.5) is 0 Å². The maximum absolute atomic E-state index is 8.65. The molecule has 3 N–H and O–H groups in total. The molecule has 0 bridgehead atoms. The molecule has 1 saturated carbocycles. The maximum Gasteiger partial charge on any atom is 0.0804 e. The van der Waals surface area contributed by atoms with E-state index in [-0.39, 0.29) is 5.60 Å². The summed E-state index contributed by atoms with van der Waals surface area (Å²) < 4.78 is 5.96. The van der Waals surface area contributed by atoms with E-state index in [1.165, 1.54) is 19.3 Å².